The topological polar surface area (TPSA) is 106 Å². The Morgan fingerprint density at radius 2 is 0.765 bits per heavy atom. The van der Waals surface area contributed by atoms with E-state index in [9.17, 15) is 19.2 Å². The fourth-order valence-electron chi connectivity index (χ4n) is 1.49. The average Bonchev–Trinajstić information content (AvgIpc) is 1.98. The summed E-state index contributed by atoms with van der Waals surface area (Å²) in [5.41, 5.74) is 0. The first kappa shape index (κ1) is 18.2. The Balaban J connectivity index is 0. The van der Waals surface area contributed by atoms with Gasteiger partial charge in [-0.15, -0.1) is 0 Å². The minimum absolute atomic E-state index is 0.521. The van der Waals surface area contributed by atoms with Crippen molar-refractivity contribution in [2.24, 2.45) is 0 Å². The molecule has 6 nitrogen and oxygen atoms in total. The summed E-state index contributed by atoms with van der Waals surface area (Å²) < 4.78 is -2.08. The summed E-state index contributed by atoms with van der Waals surface area (Å²) in [6, 6.07) is 0. The van der Waals surface area contributed by atoms with Crippen molar-refractivity contribution in [1.82, 2.24) is 0 Å². The summed E-state index contributed by atoms with van der Waals surface area (Å²) in [5.74, 6) is -0.833. The van der Waals surface area contributed by atoms with Gasteiger partial charge in [-0.05, 0) is 0 Å². The second-order valence-electron chi connectivity index (χ2n) is 3.49. The van der Waals surface area contributed by atoms with E-state index in [0.717, 1.165) is 34.6 Å². The van der Waals surface area contributed by atoms with E-state index < -0.39 is 38.9 Å². The normalized spacial score (nSPS) is 9.71. The Morgan fingerprint density at radius 3 is 0.765 bits per heavy atom. The van der Waals surface area contributed by atoms with Crippen LogP contribution in [0.3, 0.4) is 0 Å². The van der Waals surface area contributed by atoms with Gasteiger partial charge in [0.2, 0.25) is 0 Å². The monoisotopic (exact) mass is 280 g/mol. The molecule has 0 aromatic rings. The van der Waals surface area contributed by atoms with Crippen molar-refractivity contribution < 1.29 is 45.7 Å². The van der Waals surface area contributed by atoms with E-state index in [0.29, 0.717) is 0 Å². The summed E-state index contributed by atoms with van der Waals surface area (Å²) >= 11 is -4.22. The Morgan fingerprint density at radius 1 is 0.647 bits per heavy atom. The number of hydrogen-bond acceptors (Lipinski definition) is 5. The van der Waals surface area contributed by atoms with Crippen LogP contribution in [0.5, 0.6) is 0 Å². The zero-order valence-electron chi connectivity index (χ0n) is 10.5. The maximum atomic E-state index is 11.2. The number of carbonyl (C=O) groups is 5. The van der Waals surface area contributed by atoms with Crippen molar-refractivity contribution in [3.05, 3.63) is 0 Å². The summed E-state index contributed by atoms with van der Waals surface area (Å²) in [7, 11) is 0. The van der Waals surface area contributed by atoms with E-state index in [-0.39, 0.29) is 0 Å². The van der Waals surface area contributed by atoms with Gasteiger partial charge in [0.1, 0.15) is 0 Å². The van der Waals surface area contributed by atoms with Crippen LogP contribution in [-0.4, -0.2) is 27.4 Å². The van der Waals surface area contributed by atoms with E-state index >= 15 is 0 Å². The van der Waals surface area contributed by atoms with Gasteiger partial charge in [-0.1, -0.05) is 0 Å². The molecular formula is C10H16O6Ti. The van der Waals surface area contributed by atoms with Crippen molar-refractivity contribution >= 4 is 22.3 Å². The van der Waals surface area contributed by atoms with E-state index in [4.69, 9.17) is 9.90 Å². The van der Waals surface area contributed by atoms with Gasteiger partial charge in [0.15, 0.2) is 0 Å². The quantitative estimate of drug-likeness (QED) is 0.748. The molecule has 0 aromatic heterocycles. The van der Waals surface area contributed by atoms with Crippen LogP contribution in [0.1, 0.15) is 34.6 Å². The molecule has 0 rings (SSSR count). The molecule has 0 amide bonds. The molecule has 0 saturated carbocycles. The first-order valence-corrected chi connectivity index (χ1v) is 7.87. The third kappa shape index (κ3) is 4.71. The molecule has 0 aliphatic rings. The molecule has 1 N–H and O–H groups in total. The van der Waals surface area contributed by atoms with Gasteiger partial charge in [-0.25, -0.2) is 0 Å². The van der Waals surface area contributed by atoms with E-state index in [1.807, 2.05) is 0 Å². The zero-order valence-corrected chi connectivity index (χ0v) is 12.1. The molecule has 0 heterocycles. The molecule has 0 aromatic carbocycles. The molecule has 96 valence electrons. The molecule has 0 spiro atoms. The van der Waals surface area contributed by atoms with E-state index in [2.05, 4.69) is 0 Å². The number of aliphatic carboxylic acids is 1. The summed E-state index contributed by atoms with van der Waals surface area (Å²) in [4.78, 5) is 53.8. The SMILES string of the molecule is CC(=O)O.C[C](=O)[Ti]([C](C)=O)([C](C)=O)[C](C)=O. The van der Waals surface area contributed by atoms with Gasteiger partial charge in [-0.2, -0.15) is 0 Å². The molecule has 0 fully saturated rings. The van der Waals surface area contributed by atoms with Crippen molar-refractivity contribution in [2.75, 3.05) is 0 Å². The third-order valence-electron chi connectivity index (χ3n) is 2.11. The second-order valence-corrected chi connectivity index (χ2v) is 10.2. The third-order valence-corrected chi connectivity index (χ3v) is 8.71. The van der Waals surface area contributed by atoms with Crippen LogP contribution in [0.2, 0.25) is 0 Å². The van der Waals surface area contributed by atoms with Gasteiger partial charge >= 0.3 is 79.8 Å². The Kier molecular flexibility index (Phi) is 7.77. The van der Waals surface area contributed by atoms with Crippen LogP contribution in [0.15, 0.2) is 0 Å². The fourth-order valence-corrected chi connectivity index (χ4v) is 6.13. The van der Waals surface area contributed by atoms with Gasteiger partial charge < -0.3 is 5.11 Å². The summed E-state index contributed by atoms with van der Waals surface area (Å²) in [6.45, 7) is 5.71. The molecule has 7 heteroatoms. The van der Waals surface area contributed by atoms with Crippen molar-refractivity contribution in [3.63, 3.8) is 0 Å². The van der Waals surface area contributed by atoms with Gasteiger partial charge in [-0.3, -0.25) is 4.79 Å². The van der Waals surface area contributed by atoms with Crippen LogP contribution >= 0.6 is 0 Å². The Bertz CT molecular complexity index is 305. The number of hydrogen-bond donors (Lipinski definition) is 1. The zero-order chi connectivity index (χ0) is 14.4. The molecule has 0 aliphatic carbocycles. The standard InChI is InChI=1S/C2H4O2.4C2H3O.Ti/c1-2(3)4;4*1-2-3;/h1H3,(H,3,4);4*1H3;. The van der Waals surface area contributed by atoms with E-state index in [1.54, 1.807) is 0 Å². The Labute approximate surface area is 103 Å². The Hall–Kier alpha value is -1.14. The molecule has 0 unspecified atom stereocenters. The minimum atomic E-state index is -4.22. The molecule has 0 saturated heterocycles. The van der Waals surface area contributed by atoms with Crippen LogP contribution in [0, 0.1) is 0 Å². The predicted molar refractivity (Wildman–Crippen MR) is 56.0 cm³/mol. The van der Waals surface area contributed by atoms with Gasteiger partial charge in [0.25, 0.3) is 5.97 Å². The van der Waals surface area contributed by atoms with Gasteiger partial charge in [0, 0.05) is 6.92 Å². The van der Waals surface area contributed by atoms with E-state index in [1.165, 1.54) is 0 Å². The number of carboxylic acids is 1. The molecule has 0 aliphatic heterocycles. The van der Waals surface area contributed by atoms with Crippen molar-refractivity contribution in [1.29, 1.82) is 0 Å². The number of rotatable bonds is 4. The molecular weight excluding hydrogens is 264 g/mol. The summed E-state index contributed by atoms with van der Waals surface area (Å²) in [6.07, 6.45) is 0. The summed E-state index contributed by atoms with van der Waals surface area (Å²) in [5, 5.41) is 7.42. The average molecular weight is 280 g/mol. The molecule has 0 radical (unpaired) electrons. The van der Waals surface area contributed by atoms with Gasteiger partial charge in [0.05, 0.1) is 0 Å². The second kappa shape index (κ2) is 7.24. The number of carbonyl (C=O) groups excluding carboxylic acids is 4. The molecule has 0 atom stereocenters. The van der Waals surface area contributed by atoms with Crippen molar-refractivity contribution in [2.45, 2.75) is 34.6 Å². The first-order valence-electron chi connectivity index (χ1n) is 4.74. The molecule has 0 bridgehead atoms. The van der Waals surface area contributed by atoms with Crippen LogP contribution in [0.25, 0.3) is 0 Å². The van der Waals surface area contributed by atoms with Crippen molar-refractivity contribution in [3.8, 4) is 0 Å². The van der Waals surface area contributed by atoms with Crippen LogP contribution < -0.4 is 0 Å². The predicted octanol–water partition coefficient (Wildman–Crippen LogP) is 0.417. The van der Waals surface area contributed by atoms with Crippen LogP contribution in [0.4, 0.5) is 0 Å². The van der Waals surface area contributed by atoms with Crippen LogP contribution in [-0.2, 0) is 40.6 Å². The number of carboxylic acid groups (broad SMARTS) is 1. The first-order chi connectivity index (χ1) is 7.51. The maximum absolute atomic E-state index is 11.2. The fraction of sp³-hybridized carbons (Fsp3) is 0.500. The molecule has 17 heavy (non-hydrogen) atoms.